The maximum atomic E-state index is 12.6. The predicted molar refractivity (Wildman–Crippen MR) is 85.3 cm³/mol. The third-order valence-corrected chi connectivity index (χ3v) is 7.95. The Morgan fingerprint density at radius 2 is 1.87 bits per heavy atom. The van der Waals surface area contributed by atoms with Gasteiger partial charge in [-0.1, -0.05) is 26.7 Å². The fourth-order valence-electron chi connectivity index (χ4n) is 4.85. The summed E-state index contributed by atoms with van der Waals surface area (Å²) >= 11 is 0. The average Bonchev–Trinajstić information content (AvgIpc) is 2.68. The number of hydrogen-bond acceptors (Lipinski definition) is 5. The molecule has 0 aromatic heterocycles. The van der Waals surface area contributed by atoms with Gasteiger partial charge in [0.2, 0.25) is 0 Å². The molecular weight excluding hydrogens is 316 g/mol. The second-order valence-corrected chi connectivity index (χ2v) is 9.62. The molecular formula is C17H26O5S. The van der Waals surface area contributed by atoms with Gasteiger partial charge in [-0.2, -0.15) is 8.42 Å². The Labute approximate surface area is 138 Å². The Bertz CT molecular complexity index is 621. The van der Waals surface area contributed by atoms with Gasteiger partial charge in [0, 0.05) is 12.8 Å². The van der Waals surface area contributed by atoms with Gasteiger partial charge in [0.25, 0.3) is 10.1 Å². The molecule has 5 nitrogen and oxygen atoms in total. The molecule has 0 aliphatic heterocycles. The van der Waals surface area contributed by atoms with E-state index in [1.807, 2.05) is 13.8 Å². The number of hydrogen-bond donors (Lipinski definition) is 0. The molecule has 2 bridgehead atoms. The van der Waals surface area contributed by atoms with Gasteiger partial charge in [0.15, 0.2) is 5.78 Å². The first-order valence-corrected chi connectivity index (χ1v) is 10.2. The zero-order valence-corrected chi connectivity index (χ0v) is 14.8. The van der Waals surface area contributed by atoms with E-state index in [1.54, 1.807) is 0 Å². The highest BCUT2D eigenvalue weighted by molar-refractivity contribution is 7.86. The topological polar surface area (TPSA) is 77.5 Å². The van der Waals surface area contributed by atoms with Crippen molar-refractivity contribution in [3.63, 3.8) is 0 Å². The lowest BCUT2D eigenvalue weighted by molar-refractivity contribution is -0.128. The summed E-state index contributed by atoms with van der Waals surface area (Å²) in [6.07, 6.45) is 4.54. The van der Waals surface area contributed by atoms with E-state index in [2.05, 4.69) is 0 Å². The molecule has 3 rings (SSSR count). The second kappa shape index (κ2) is 5.66. The Balaban J connectivity index is 1.78. The Morgan fingerprint density at radius 1 is 1.13 bits per heavy atom. The molecule has 0 spiro atoms. The van der Waals surface area contributed by atoms with Gasteiger partial charge >= 0.3 is 0 Å². The normalized spacial score (nSPS) is 37.1. The van der Waals surface area contributed by atoms with Crippen molar-refractivity contribution in [2.75, 3.05) is 5.75 Å². The lowest BCUT2D eigenvalue weighted by Gasteiger charge is -2.36. The molecule has 0 heterocycles. The largest absolute Gasteiger partial charge is 0.299 e. The molecule has 3 saturated carbocycles. The molecule has 0 amide bonds. The molecule has 0 saturated heterocycles. The molecule has 0 N–H and O–H groups in total. The van der Waals surface area contributed by atoms with Crippen molar-refractivity contribution in [1.82, 2.24) is 0 Å². The predicted octanol–water partition coefficient (Wildman–Crippen LogP) is 2.63. The van der Waals surface area contributed by atoms with Crippen LogP contribution in [0.3, 0.4) is 0 Å². The highest BCUT2D eigenvalue weighted by Gasteiger charge is 2.65. The lowest BCUT2D eigenvalue weighted by atomic mass is 9.70. The monoisotopic (exact) mass is 342 g/mol. The lowest BCUT2D eigenvalue weighted by Crippen LogP contribution is -2.43. The molecule has 3 unspecified atom stereocenters. The minimum atomic E-state index is -3.90. The number of rotatable bonds is 4. The molecule has 6 heteroatoms. The summed E-state index contributed by atoms with van der Waals surface area (Å²) in [6.45, 7) is 4.00. The fraction of sp³-hybridized carbons (Fsp3) is 0.882. The van der Waals surface area contributed by atoms with E-state index < -0.39 is 21.6 Å². The van der Waals surface area contributed by atoms with Crippen molar-refractivity contribution in [3.8, 4) is 0 Å². The summed E-state index contributed by atoms with van der Waals surface area (Å²) in [5.74, 6) is -0.0701. The van der Waals surface area contributed by atoms with Gasteiger partial charge < -0.3 is 0 Å². The van der Waals surface area contributed by atoms with Crippen LogP contribution in [0.25, 0.3) is 0 Å². The van der Waals surface area contributed by atoms with Crippen molar-refractivity contribution in [3.05, 3.63) is 0 Å². The van der Waals surface area contributed by atoms with E-state index >= 15 is 0 Å². The first kappa shape index (κ1) is 17.1. The summed E-state index contributed by atoms with van der Waals surface area (Å²) in [4.78, 5) is 24.5. The maximum absolute atomic E-state index is 12.6. The highest BCUT2D eigenvalue weighted by Crippen LogP contribution is 2.64. The van der Waals surface area contributed by atoms with Crippen LogP contribution in [0.5, 0.6) is 0 Å². The number of Topliss-reactive ketones (excluding diaryl/α,β-unsaturated/α-hetero) is 2. The Morgan fingerprint density at radius 3 is 2.48 bits per heavy atom. The van der Waals surface area contributed by atoms with Crippen molar-refractivity contribution >= 4 is 21.7 Å². The van der Waals surface area contributed by atoms with Gasteiger partial charge in [0.1, 0.15) is 11.9 Å². The zero-order valence-electron chi connectivity index (χ0n) is 14.0. The second-order valence-electron chi connectivity index (χ2n) is 8.02. The number of fused-ring (bicyclic) bond motifs is 2. The van der Waals surface area contributed by atoms with Crippen molar-refractivity contribution in [2.24, 2.45) is 16.7 Å². The number of carbonyl (C=O) groups excluding carboxylic acids is 2. The first-order valence-electron chi connectivity index (χ1n) is 8.65. The van der Waals surface area contributed by atoms with Crippen molar-refractivity contribution in [2.45, 2.75) is 71.3 Å². The third kappa shape index (κ3) is 2.78. The smallest absolute Gasteiger partial charge is 0.269 e. The van der Waals surface area contributed by atoms with Crippen LogP contribution in [-0.2, 0) is 23.9 Å². The summed E-state index contributed by atoms with van der Waals surface area (Å²) in [5.41, 5.74) is -1.14. The summed E-state index contributed by atoms with van der Waals surface area (Å²) in [7, 11) is -3.90. The van der Waals surface area contributed by atoms with Crippen LogP contribution in [0.1, 0.15) is 65.2 Å². The SMILES string of the molecule is CC1(C)C2CCC1(CS(=O)(=O)OC1CCCCCC1=O)C(=O)C2. The van der Waals surface area contributed by atoms with E-state index in [0.29, 0.717) is 25.7 Å². The Hall–Kier alpha value is -0.750. The van der Waals surface area contributed by atoms with Crippen LogP contribution in [0, 0.1) is 16.7 Å². The molecule has 130 valence electrons. The van der Waals surface area contributed by atoms with E-state index in [1.165, 1.54) is 0 Å². The summed E-state index contributed by atoms with van der Waals surface area (Å²) in [6, 6.07) is 0. The van der Waals surface area contributed by atoms with Crippen LogP contribution < -0.4 is 0 Å². The van der Waals surface area contributed by atoms with Crippen LogP contribution in [0.4, 0.5) is 0 Å². The van der Waals surface area contributed by atoms with Gasteiger partial charge in [-0.05, 0) is 37.0 Å². The van der Waals surface area contributed by atoms with Gasteiger partial charge in [-0.3, -0.25) is 13.8 Å². The molecule has 0 radical (unpaired) electrons. The molecule has 23 heavy (non-hydrogen) atoms. The zero-order chi connectivity index (χ0) is 16.9. The third-order valence-electron chi connectivity index (χ3n) is 6.57. The maximum Gasteiger partial charge on any atom is 0.269 e. The molecule has 3 atom stereocenters. The molecule has 0 aromatic carbocycles. The van der Waals surface area contributed by atoms with Gasteiger partial charge in [-0.25, -0.2) is 0 Å². The standard InChI is InChI=1S/C17H26O5S/c1-16(2)12-8-9-17(16,15(19)10-12)11-23(20,21)22-14-7-5-3-4-6-13(14)18/h12,14H,3-11H2,1-2H3. The minimum Gasteiger partial charge on any atom is -0.299 e. The van der Waals surface area contributed by atoms with E-state index in [0.717, 1.165) is 25.7 Å². The van der Waals surface area contributed by atoms with Gasteiger partial charge in [0.05, 0.1) is 11.2 Å². The minimum absolute atomic E-state index is 0.0538. The van der Waals surface area contributed by atoms with Crippen LogP contribution >= 0.6 is 0 Å². The van der Waals surface area contributed by atoms with E-state index in [4.69, 9.17) is 4.18 Å². The summed E-state index contributed by atoms with van der Waals surface area (Å²) < 4.78 is 30.5. The average molecular weight is 342 g/mol. The van der Waals surface area contributed by atoms with E-state index in [-0.39, 0.29) is 28.7 Å². The van der Waals surface area contributed by atoms with Crippen LogP contribution in [-0.4, -0.2) is 31.8 Å². The number of ketones is 2. The van der Waals surface area contributed by atoms with Crippen LogP contribution in [0.2, 0.25) is 0 Å². The fourth-order valence-corrected chi connectivity index (χ4v) is 6.76. The molecule has 3 aliphatic rings. The first-order chi connectivity index (χ1) is 10.7. The quantitative estimate of drug-likeness (QED) is 0.580. The van der Waals surface area contributed by atoms with Gasteiger partial charge in [-0.15, -0.1) is 0 Å². The highest BCUT2D eigenvalue weighted by atomic mass is 32.2. The molecule has 3 fully saturated rings. The van der Waals surface area contributed by atoms with Crippen molar-refractivity contribution < 1.29 is 22.2 Å². The van der Waals surface area contributed by atoms with Crippen molar-refractivity contribution in [1.29, 1.82) is 0 Å². The molecule has 3 aliphatic carbocycles. The Kier molecular flexibility index (Phi) is 4.20. The molecule has 0 aromatic rings. The number of carbonyl (C=O) groups is 2. The van der Waals surface area contributed by atoms with Crippen LogP contribution in [0.15, 0.2) is 0 Å². The van der Waals surface area contributed by atoms with E-state index in [9.17, 15) is 18.0 Å². The summed E-state index contributed by atoms with van der Waals surface area (Å²) in [5, 5.41) is 0.